The number of nitrogens with zero attached hydrogens (tertiary/aromatic N) is 3. The van der Waals surface area contributed by atoms with Gasteiger partial charge in [-0.15, -0.1) is 0 Å². The Morgan fingerprint density at radius 1 is 1.19 bits per heavy atom. The van der Waals surface area contributed by atoms with Crippen LogP contribution in [0.1, 0.15) is 36.9 Å². The highest BCUT2D eigenvalue weighted by molar-refractivity contribution is 9.10. The third kappa shape index (κ3) is 4.38. The van der Waals surface area contributed by atoms with Gasteiger partial charge >= 0.3 is 0 Å². The number of rotatable bonds is 5. The Balaban J connectivity index is 1.64. The lowest BCUT2D eigenvalue weighted by molar-refractivity contribution is -0.121. The van der Waals surface area contributed by atoms with Gasteiger partial charge in [0.25, 0.3) is 0 Å². The first kappa shape index (κ1) is 22.4. The van der Waals surface area contributed by atoms with E-state index in [0.717, 1.165) is 18.4 Å². The van der Waals surface area contributed by atoms with Crippen molar-refractivity contribution in [3.05, 3.63) is 69.0 Å². The monoisotopic (exact) mass is 521 g/mol. The zero-order valence-corrected chi connectivity index (χ0v) is 19.0. The van der Waals surface area contributed by atoms with Gasteiger partial charge in [0.2, 0.25) is 11.7 Å². The van der Waals surface area contributed by atoms with Gasteiger partial charge < -0.3 is 5.32 Å². The van der Waals surface area contributed by atoms with Gasteiger partial charge in [0.15, 0.2) is 11.5 Å². The molecule has 0 unspecified atom stereocenters. The molecule has 1 aromatic heterocycles. The van der Waals surface area contributed by atoms with Gasteiger partial charge in [0, 0.05) is 5.02 Å². The van der Waals surface area contributed by atoms with E-state index in [1.54, 1.807) is 12.1 Å². The highest BCUT2D eigenvalue weighted by Crippen LogP contribution is 2.42. The summed E-state index contributed by atoms with van der Waals surface area (Å²) < 4.78 is 18.5. The van der Waals surface area contributed by atoms with Crippen molar-refractivity contribution in [3.63, 3.8) is 0 Å². The van der Waals surface area contributed by atoms with Crippen LogP contribution >= 0.6 is 27.5 Å². The molecular formula is C21H18BrClFN5O3. The molecule has 0 saturated heterocycles. The molecule has 1 aliphatic rings. The minimum Gasteiger partial charge on any atom is -0.305 e. The van der Waals surface area contributed by atoms with E-state index in [-0.39, 0.29) is 27.7 Å². The van der Waals surface area contributed by atoms with Crippen LogP contribution in [-0.4, -0.2) is 27.3 Å². The summed E-state index contributed by atoms with van der Waals surface area (Å²) in [6.07, 6.45) is 3.16. The Bertz CT molecular complexity index is 1160. The van der Waals surface area contributed by atoms with Crippen molar-refractivity contribution in [1.82, 2.24) is 15.8 Å². The molecule has 11 heteroatoms. The molecule has 0 spiro atoms. The van der Waals surface area contributed by atoms with Gasteiger partial charge in [0.05, 0.1) is 15.6 Å². The van der Waals surface area contributed by atoms with Crippen LogP contribution < -0.4 is 10.8 Å². The topological polar surface area (TPSA) is 113 Å². The lowest BCUT2D eigenvalue weighted by Crippen LogP contribution is -2.38. The Morgan fingerprint density at radius 3 is 2.56 bits per heavy atom. The van der Waals surface area contributed by atoms with Crippen molar-refractivity contribution in [3.8, 4) is 0 Å². The van der Waals surface area contributed by atoms with E-state index < -0.39 is 11.2 Å². The Hall–Kier alpha value is -2.82. The Morgan fingerprint density at radius 2 is 1.91 bits per heavy atom. The number of hydroxylamine groups is 1. The maximum Gasteiger partial charge on any atom is 0.236 e. The number of anilines is 1. The van der Waals surface area contributed by atoms with Gasteiger partial charge in [-0.3, -0.25) is 15.5 Å². The summed E-state index contributed by atoms with van der Waals surface area (Å²) in [7, 11) is 0. The van der Waals surface area contributed by atoms with Crippen LogP contribution in [0, 0.1) is 5.82 Å². The fraction of sp³-hybridized carbons (Fsp3) is 0.238. The number of aromatic nitrogens is 2. The summed E-state index contributed by atoms with van der Waals surface area (Å²) in [5.41, 5.74) is 2.36. The van der Waals surface area contributed by atoms with E-state index in [4.69, 9.17) is 16.2 Å². The number of halogens is 3. The van der Waals surface area contributed by atoms with Crippen LogP contribution in [-0.2, 0) is 10.2 Å². The smallest absolute Gasteiger partial charge is 0.236 e. The number of carbonyl (C=O) groups excluding carboxylic acids is 1. The highest BCUT2D eigenvalue weighted by Gasteiger charge is 2.43. The molecule has 0 atom stereocenters. The molecule has 3 N–H and O–H groups in total. The fourth-order valence-electron chi connectivity index (χ4n) is 3.86. The second-order valence-electron chi connectivity index (χ2n) is 7.38. The number of amides is 1. The van der Waals surface area contributed by atoms with E-state index in [2.05, 4.69) is 36.6 Å². The molecule has 1 aliphatic carbocycles. The predicted molar refractivity (Wildman–Crippen MR) is 120 cm³/mol. The zero-order valence-electron chi connectivity index (χ0n) is 16.6. The van der Waals surface area contributed by atoms with Crippen LogP contribution in [0.5, 0.6) is 0 Å². The van der Waals surface area contributed by atoms with Gasteiger partial charge in [-0.2, -0.15) is 0 Å². The Labute approximate surface area is 195 Å². The van der Waals surface area contributed by atoms with Crippen molar-refractivity contribution < 1.29 is 19.0 Å². The largest absolute Gasteiger partial charge is 0.305 e. The van der Waals surface area contributed by atoms with E-state index in [1.807, 2.05) is 17.6 Å². The van der Waals surface area contributed by atoms with Crippen LogP contribution in [0.4, 0.5) is 15.9 Å². The number of amidine groups is 1. The van der Waals surface area contributed by atoms with E-state index >= 15 is 0 Å². The molecule has 1 saturated carbocycles. The summed E-state index contributed by atoms with van der Waals surface area (Å²) in [4.78, 5) is 17.6. The van der Waals surface area contributed by atoms with Crippen molar-refractivity contribution in [1.29, 1.82) is 0 Å². The predicted octanol–water partition coefficient (Wildman–Crippen LogP) is 5.13. The number of nitrogens with one attached hydrogen (secondary N) is 2. The van der Waals surface area contributed by atoms with Gasteiger partial charge in [-0.1, -0.05) is 36.6 Å². The third-order valence-electron chi connectivity index (χ3n) is 5.48. The van der Waals surface area contributed by atoms with Crippen LogP contribution in [0.25, 0.3) is 0 Å². The normalized spacial score (nSPS) is 15.6. The summed E-state index contributed by atoms with van der Waals surface area (Å²) in [5.74, 6) is -0.859. The average Bonchev–Trinajstić information content (AvgIpc) is 3.46. The summed E-state index contributed by atoms with van der Waals surface area (Å²) in [6, 6.07) is 11.3. The molecule has 0 bridgehead atoms. The minimum absolute atomic E-state index is 0.00304. The molecule has 0 radical (unpaired) electrons. The van der Waals surface area contributed by atoms with Gasteiger partial charge in [-0.25, -0.2) is 14.0 Å². The molecule has 32 heavy (non-hydrogen) atoms. The maximum atomic E-state index is 13.5. The molecule has 8 nitrogen and oxygen atoms in total. The number of hydrogen-bond acceptors (Lipinski definition) is 6. The summed E-state index contributed by atoms with van der Waals surface area (Å²) >= 11 is 9.10. The Kier molecular flexibility index (Phi) is 6.54. The van der Waals surface area contributed by atoms with Crippen molar-refractivity contribution in [2.45, 2.75) is 31.1 Å². The third-order valence-corrected chi connectivity index (χ3v) is 6.34. The number of aliphatic imine (C=N–C) groups is 1. The molecule has 4 rings (SSSR count). The van der Waals surface area contributed by atoms with E-state index in [9.17, 15) is 14.4 Å². The molecule has 1 heterocycles. The van der Waals surface area contributed by atoms with E-state index in [1.165, 1.54) is 18.2 Å². The minimum atomic E-state index is -0.743. The first-order valence-electron chi connectivity index (χ1n) is 9.77. The molecule has 3 aromatic rings. The van der Waals surface area contributed by atoms with Crippen LogP contribution in [0.15, 0.2) is 56.6 Å². The molecular weight excluding hydrogens is 505 g/mol. The molecule has 1 fully saturated rings. The van der Waals surface area contributed by atoms with Crippen LogP contribution in [0.3, 0.4) is 0 Å². The number of benzene rings is 2. The molecule has 0 aliphatic heterocycles. The highest BCUT2D eigenvalue weighted by atomic mass is 79.9. The first-order valence-corrected chi connectivity index (χ1v) is 10.9. The lowest BCUT2D eigenvalue weighted by Gasteiger charge is -2.28. The first-order chi connectivity index (χ1) is 15.4. The van der Waals surface area contributed by atoms with E-state index in [0.29, 0.717) is 23.6 Å². The summed E-state index contributed by atoms with van der Waals surface area (Å²) in [6.45, 7) is 0. The number of carbonyl (C=O) groups is 1. The zero-order chi connectivity index (χ0) is 22.7. The fourth-order valence-corrected chi connectivity index (χ4v) is 4.35. The number of hydrogen-bond donors (Lipinski definition) is 3. The second kappa shape index (κ2) is 9.35. The maximum absolute atomic E-state index is 13.5. The summed E-state index contributed by atoms with van der Waals surface area (Å²) in [5, 5.41) is 20.5. The SMILES string of the molecule is O=C(Nc1nonc1C(=Nc1ccc(F)c(Br)c1)NO)C1(c2ccc(Cl)cc2)CCCC1. The van der Waals surface area contributed by atoms with Crippen molar-refractivity contribution >= 4 is 50.8 Å². The average molecular weight is 523 g/mol. The van der Waals surface area contributed by atoms with Crippen molar-refractivity contribution in [2.24, 2.45) is 4.99 Å². The van der Waals surface area contributed by atoms with Gasteiger partial charge in [-0.05, 0) is 75.0 Å². The molecule has 2 aromatic carbocycles. The van der Waals surface area contributed by atoms with Crippen molar-refractivity contribution in [2.75, 3.05) is 5.32 Å². The standard InChI is InChI=1S/C21H18BrClFN5O3/c22-15-11-14(7-8-16(15)24)25-18(27-31)17-19(29-32-28-17)26-20(30)21(9-1-2-10-21)12-3-5-13(23)6-4-12/h3-8,11,31H,1-2,9-10H2,(H,25,27)(H,26,29,30). The lowest BCUT2D eigenvalue weighted by atomic mass is 9.78. The van der Waals surface area contributed by atoms with Gasteiger partial charge in [0.1, 0.15) is 5.82 Å². The second-order valence-corrected chi connectivity index (χ2v) is 8.67. The molecule has 166 valence electrons. The molecule has 1 amide bonds. The van der Waals surface area contributed by atoms with Crippen LogP contribution in [0.2, 0.25) is 5.02 Å². The quantitative estimate of drug-likeness (QED) is 0.243.